The van der Waals surface area contributed by atoms with Gasteiger partial charge in [-0.2, -0.15) is 0 Å². The highest BCUT2D eigenvalue weighted by atomic mass is 35.5. The maximum Gasteiger partial charge on any atom is 0.237 e. The molecule has 7 heteroatoms. The van der Waals surface area contributed by atoms with Gasteiger partial charge >= 0.3 is 0 Å². The van der Waals surface area contributed by atoms with E-state index in [2.05, 4.69) is 10.6 Å². The smallest absolute Gasteiger partial charge is 0.237 e. The molecule has 16 heavy (non-hydrogen) atoms. The third-order valence-electron chi connectivity index (χ3n) is 2.53. The molecule has 0 aromatic rings. The Kier molecular flexibility index (Phi) is 6.94. The Hall–Kier alpha value is -0.330. The molecule has 1 amide bonds. The molecule has 0 radical (unpaired) electrons. The molecule has 1 aliphatic rings. The second-order valence-corrected chi connectivity index (χ2v) is 6.15. The molecule has 0 saturated carbocycles. The zero-order valence-corrected chi connectivity index (χ0v) is 11.0. The van der Waals surface area contributed by atoms with Crippen LogP contribution < -0.4 is 10.6 Å². The van der Waals surface area contributed by atoms with Crippen LogP contribution in [-0.4, -0.2) is 45.0 Å². The summed E-state index contributed by atoms with van der Waals surface area (Å²) in [6, 6.07) is -0.130. The van der Waals surface area contributed by atoms with E-state index in [1.165, 1.54) is 0 Å². The van der Waals surface area contributed by atoms with E-state index in [1.807, 2.05) is 0 Å². The molecule has 0 bridgehead atoms. The lowest BCUT2D eigenvalue weighted by molar-refractivity contribution is -0.122. The fraction of sp³-hybridized carbons (Fsp3) is 0.889. The van der Waals surface area contributed by atoms with Crippen molar-refractivity contribution in [2.75, 3.05) is 24.6 Å². The third kappa shape index (κ3) is 5.14. The summed E-state index contributed by atoms with van der Waals surface area (Å²) in [6.07, 6.45) is 1.84. The van der Waals surface area contributed by atoms with Gasteiger partial charge in [0.25, 0.3) is 0 Å². The molecule has 1 aliphatic heterocycles. The Labute approximate surface area is 103 Å². The average Bonchev–Trinajstić information content (AvgIpc) is 2.70. The highest BCUT2D eigenvalue weighted by Crippen LogP contribution is 2.04. The number of carbonyl (C=O) groups is 1. The van der Waals surface area contributed by atoms with E-state index in [0.29, 0.717) is 0 Å². The number of hydrogen-bond acceptors (Lipinski definition) is 4. The van der Waals surface area contributed by atoms with Gasteiger partial charge in [-0.15, -0.1) is 12.4 Å². The number of sulfone groups is 1. The van der Waals surface area contributed by atoms with Crippen LogP contribution in [0.15, 0.2) is 0 Å². The molecule has 96 valence electrons. The highest BCUT2D eigenvalue weighted by Gasteiger charge is 2.21. The summed E-state index contributed by atoms with van der Waals surface area (Å²) in [4.78, 5) is 11.5. The van der Waals surface area contributed by atoms with Gasteiger partial charge in [-0.1, -0.05) is 6.92 Å². The van der Waals surface area contributed by atoms with Gasteiger partial charge in [-0.25, -0.2) is 8.42 Å². The van der Waals surface area contributed by atoms with Crippen LogP contribution in [-0.2, 0) is 14.6 Å². The van der Waals surface area contributed by atoms with Gasteiger partial charge in [-0.05, 0) is 19.4 Å². The van der Waals surface area contributed by atoms with Crippen molar-refractivity contribution in [3.05, 3.63) is 0 Å². The fourth-order valence-electron chi connectivity index (χ4n) is 1.51. The Bertz CT molecular complexity index is 313. The maximum absolute atomic E-state index is 11.5. The second kappa shape index (κ2) is 7.09. The summed E-state index contributed by atoms with van der Waals surface area (Å²) in [5, 5.41) is 5.69. The lowest BCUT2D eigenvalue weighted by Gasteiger charge is -2.10. The zero-order chi connectivity index (χ0) is 11.3. The van der Waals surface area contributed by atoms with Gasteiger partial charge in [0.1, 0.15) is 0 Å². The Morgan fingerprint density at radius 3 is 2.69 bits per heavy atom. The largest absolute Gasteiger partial charge is 0.354 e. The predicted molar refractivity (Wildman–Crippen MR) is 65.6 cm³/mol. The molecule has 1 fully saturated rings. The molecule has 0 aromatic heterocycles. The minimum absolute atomic E-state index is 0. The lowest BCUT2D eigenvalue weighted by atomic mass is 10.2. The standard InChI is InChI=1S/C9H18N2O3S.ClH/c1-2-15(13,14)7-6-11-9(12)8-4-3-5-10-8;/h8,10H,2-7H2,1H3,(H,11,12);1H/t8-;/m0./s1. The van der Waals surface area contributed by atoms with E-state index in [1.54, 1.807) is 6.92 Å². The SMILES string of the molecule is CCS(=O)(=O)CCNC(=O)[C@@H]1CCCN1.Cl. The van der Waals surface area contributed by atoms with Crippen LogP contribution in [0, 0.1) is 0 Å². The van der Waals surface area contributed by atoms with E-state index in [0.717, 1.165) is 19.4 Å². The molecule has 1 atom stereocenters. The Morgan fingerprint density at radius 2 is 2.19 bits per heavy atom. The lowest BCUT2D eigenvalue weighted by Crippen LogP contribution is -2.42. The minimum Gasteiger partial charge on any atom is -0.354 e. The second-order valence-electron chi connectivity index (χ2n) is 3.68. The van der Waals surface area contributed by atoms with Crippen molar-refractivity contribution in [2.45, 2.75) is 25.8 Å². The Morgan fingerprint density at radius 1 is 1.50 bits per heavy atom. The molecular formula is C9H19ClN2O3S. The fourth-order valence-corrected chi connectivity index (χ4v) is 2.21. The van der Waals surface area contributed by atoms with E-state index in [9.17, 15) is 13.2 Å². The molecule has 0 unspecified atom stereocenters. The highest BCUT2D eigenvalue weighted by molar-refractivity contribution is 7.91. The van der Waals surface area contributed by atoms with Crippen LogP contribution in [0.4, 0.5) is 0 Å². The molecule has 0 spiro atoms. The summed E-state index contributed by atoms with van der Waals surface area (Å²) in [7, 11) is -2.97. The first kappa shape index (κ1) is 15.7. The molecule has 2 N–H and O–H groups in total. The van der Waals surface area contributed by atoms with Gasteiger partial charge in [0.2, 0.25) is 5.91 Å². The van der Waals surface area contributed by atoms with Crippen LogP contribution in [0.5, 0.6) is 0 Å². The number of nitrogens with one attached hydrogen (secondary N) is 2. The van der Waals surface area contributed by atoms with Crippen molar-refractivity contribution in [3.63, 3.8) is 0 Å². The van der Waals surface area contributed by atoms with Crippen LogP contribution in [0.1, 0.15) is 19.8 Å². The quantitative estimate of drug-likeness (QED) is 0.720. The first-order chi connectivity index (χ1) is 7.05. The van der Waals surface area contributed by atoms with Crippen molar-refractivity contribution in [3.8, 4) is 0 Å². The number of hydrogen-bond donors (Lipinski definition) is 2. The molecule has 1 heterocycles. The number of carbonyl (C=O) groups excluding carboxylic acids is 1. The summed E-state index contributed by atoms with van der Waals surface area (Å²) < 4.78 is 22.3. The van der Waals surface area contributed by atoms with Gasteiger partial charge in [0.05, 0.1) is 11.8 Å². The normalized spacial score (nSPS) is 20.2. The van der Waals surface area contributed by atoms with Crippen molar-refractivity contribution in [1.29, 1.82) is 0 Å². The summed E-state index contributed by atoms with van der Waals surface area (Å²) >= 11 is 0. The third-order valence-corrected chi connectivity index (χ3v) is 4.23. The van der Waals surface area contributed by atoms with Crippen molar-refractivity contribution < 1.29 is 13.2 Å². The predicted octanol–water partition coefficient (Wildman–Crippen LogP) is -0.289. The molecule has 0 aliphatic carbocycles. The van der Waals surface area contributed by atoms with Crippen LogP contribution in [0.2, 0.25) is 0 Å². The van der Waals surface area contributed by atoms with Gasteiger partial charge in [0.15, 0.2) is 9.84 Å². The molecular weight excluding hydrogens is 252 g/mol. The molecule has 5 nitrogen and oxygen atoms in total. The molecule has 0 aromatic carbocycles. The first-order valence-corrected chi connectivity index (χ1v) is 7.09. The van der Waals surface area contributed by atoms with Crippen LogP contribution >= 0.6 is 12.4 Å². The molecule has 1 saturated heterocycles. The Balaban J connectivity index is 0.00000225. The molecule has 1 rings (SSSR count). The summed E-state index contributed by atoms with van der Waals surface area (Å²) in [5.41, 5.74) is 0. The summed E-state index contributed by atoms with van der Waals surface area (Å²) in [5.74, 6) is 0.0748. The van der Waals surface area contributed by atoms with Crippen LogP contribution in [0.3, 0.4) is 0 Å². The van der Waals surface area contributed by atoms with E-state index >= 15 is 0 Å². The van der Waals surface area contributed by atoms with Crippen LogP contribution in [0.25, 0.3) is 0 Å². The van der Waals surface area contributed by atoms with Crippen molar-refractivity contribution in [1.82, 2.24) is 10.6 Å². The van der Waals surface area contributed by atoms with Gasteiger partial charge < -0.3 is 10.6 Å². The zero-order valence-electron chi connectivity index (χ0n) is 9.36. The van der Waals surface area contributed by atoms with Crippen molar-refractivity contribution >= 4 is 28.2 Å². The topological polar surface area (TPSA) is 75.3 Å². The van der Waals surface area contributed by atoms with Crippen molar-refractivity contribution in [2.24, 2.45) is 0 Å². The number of amides is 1. The van der Waals surface area contributed by atoms with Gasteiger partial charge in [0, 0.05) is 12.3 Å². The monoisotopic (exact) mass is 270 g/mol. The average molecular weight is 271 g/mol. The van der Waals surface area contributed by atoms with E-state index in [4.69, 9.17) is 0 Å². The first-order valence-electron chi connectivity index (χ1n) is 5.26. The van der Waals surface area contributed by atoms with Gasteiger partial charge in [-0.3, -0.25) is 4.79 Å². The van der Waals surface area contributed by atoms with E-state index < -0.39 is 9.84 Å². The minimum atomic E-state index is -2.97. The number of rotatable bonds is 5. The maximum atomic E-state index is 11.5. The van der Waals surface area contributed by atoms with E-state index in [-0.39, 0.29) is 42.4 Å². The number of halogens is 1. The summed E-state index contributed by atoms with van der Waals surface area (Å²) in [6.45, 7) is 2.69.